The molecule has 0 aliphatic carbocycles. The van der Waals surface area contributed by atoms with Crippen molar-refractivity contribution in [2.75, 3.05) is 5.73 Å². The first-order valence-corrected chi connectivity index (χ1v) is 6.38. The van der Waals surface area contributed by atoms with Gasteiger partial charge in [-0.3, -0.25) is 4.98 Å². The molecule has 1 heterocycles. The molecule has 0 amide bonds. The van der Waals surface area contributed by atoms with E-state index >= 15 is 0 Å². The molecule has 0 bridgehead atoms. The Morgan fingerprint density at radius 3 is 2.68 bits per heavy atom. The average Bonchev–Trinajstić information content (AvgIpc) is 2.35. The van der Waals surface area contributed by atoms with Gasteiger partial charge in [-0.25, -0.2) is 0 Å². The molecule has 3 nitrogen and oxygen atoms in total. The number of anilines is 1. The summed E-state index contributed by atoms with van der Waals surface area (Å²) in [6.45, 7) is 5.86. The molecule has 0 spiro atoms. The third-order valence-electron chi connectivity index (χ3n) is 3.45. The second-order valence-electron chi connectivity index (χ2n) is 5.34. The van der Waals surface area contributed by atoms with Crippen LogP contribution in [0.3, 0.4) is 0 Å². The van der Waals surface area contributed by atoms with Crippen LogP contribution >= 0.6 is 0 Å². The molecular formula is C16H20N2O. The van der Waals surface area contributed by atoms with E-state index in [1.54, 1.807) is 18.5 Å². The van der Waals surface area contributed by atoms with Crippen molar-refractivity contribution < 1.29 is 5.11 Å². The molecular weight excluding hydrogens is 236 g/mol. The predicted molar refractivity (Wildman–Crippen MR) is 77.8 cm³/mol. The number of hydrogen-bond acceptors (Lipinski definition) is 3. The summed E-state index contributed by atoms with van der Waals surface area (Å²) in [6, 6.07) is 7.87. The molecule has 0 aliphatic heterocycles. The number of nitrogen functional groups attached to an aromatic ring is 1. The normalized spacial score (nSPS) is 14.1. The van der Waals surface area contributed by atoms with Crippen molar-refractivity contribution in [3.63, 3.8) is 0 Å². The lowest BCUT2D eigenvalue weighted by Gasteiger charge is -2.26. The molecule has 19 heavy (non-hydrogen) atoms. The minimum atomic E-state index is -0.951. The van der Waals surface area contributed by atoms with E-state index in [9.17, 15) is 5.11 Å². The number of nitrogens with zero attached hydrogens (tertiary/aromatic N) is 1. The fraction of sp³-hybridized carbons (Fsp3) is 0.312. The Bertz CT molecular complexity index is 591. The zero-order chi connectivity index (χ0) is 14.0. The summed E-state index contributed by atoms with van der Waals surface area (Å²) < 4.78 is 0. The summed E-state index contributed by atoms with van der Waals surface area (Å²) in [7, 11) is 0. The summed E-state index contributed by atoms with van der Waals surface area (Å²) in [5.41, 5.74) is 9.67. The van der Waals surface area contributed by atoms with E-state index in [1.165, 1.54) is 0 Å². The van der Waals surface area contributed by atoms with Crippen molar-refractivity contribution in [1.29, 1.82) is 0 Å². The van der Waals surface area contributed by atoms with Gasteiger partial charge in [0, 0.05) is 24.5 Å². The number of aryl methyl sites for hydroxylation is 2. The molecule has 1 atom stereocenters. The first kappa shape index (κ1) is 13.6. The Hall–Kier alpha value is -1.87. The Morgan fingerprint density at radius 1 is 1.26 bits per heavy atom. The Balaban J connectivity index is 2.37. The number of rotatable bonds is 3. The maximum atomic E-state index is 10.8. The van der Waals surface area contributed by atoms with Gasteiger partial charge < -0.3 is 10.8 Å². The van der Waals surface area contributed by atoms with E-state index < -0.39 is 5.60 Å². The van der Waals surface area contributed by atoms with E-state index in [0.29, 0.717) is 12.1 Å². The third-order valence-corrected chi connectivity index (χ3v) is 3.45. The first-order valence-electron chi connectivity index (χ1n) is 6.38. The topological polar surface area (TPSA) is 59.1 Å². The van der Waals surface area contributed by atoms with Crippen LogP contribution in [-0.2, 0) is 12.0 Å². The number of benzene rings is 1. The van der Waals surface area contributed by atoms with Crippen molar-refractivity contribution in [1.82, 2.24) is 4.98 Å². The van der Waals surface area contributed by atoms with Crippen molar-refractivity contribution >= 4 is 5.69 Å². The first-order chi connectivity index (χ1) is 8.90. The molecule has 3 heteroatoms. The van der Waals surface area contributed by atoms with Crippen LogP contribution in [-0.4, -0.2) is 10.1 Å². The minimum absolute atomic E-state index is 0.455. The van der Waals surface area contributed by atoms with Crippen LogP contribution in [0, 0.1) is 13.8 Å². The number of aromatic nitrogens is 1. The lowest BCUT2D eigenvalue weighted by atomic mass is 9.85. The predicted octanol–water partition coefficient (Wildman–Crippen LogP) is 2.73. The highest BCUT2D eigenvalue weighted by atomic mass is 16.3. The zero-order valence-corrected chi connectivity index (χ0v) is 11.6. The second-order valence-corrected chi connectivity index (χ2v) is 5.34. The van der Waals surface area contributed by atoms with Gasteiger partial charge in [0.15, 0.2) is 0 Å². The highest BCUT2D eigenvalue weighted by Gasteiger charge is 2.26. The molecule has 3 N–H and O–H groups in total. The molecule has 0 radical (unpaired) electrons. The van der Waals surface area contributed by atoms with Gasteiger partial charge in [-0.05, 0) is 43.5 Å². The van der Waals surface area contributed by atoms with E-state index in [1.807, 2.05) is 39.0 Å². The molecule has 1 aromatic carbocycles. The molecule has 1 unspecified atom stereocenters. The lowest BCUT2D eigenvalue weighted by Crippen LogP contribution is -2.26. The fourth-order valence-electron chi connectivity index (χ4n) is 2.37. The van der Waals surface area contributed by atoms with Gasteiger partial charge in [-0.15, -0.1) is 0 Å². The van der Waals surface area contributed by atoms with Gasteiger partial charge >= 0.3 is 0 Å². The number of hydrogen-bond donors (Lipinski definition) is 2. The molecule has 0 fully saturated rings. The summed E-state index contributed by atoms with van der Waals surface area (Å²) >= 11 is 0. The van der Waals surface area contributed by atoms with Gasteiger partial charge in [0.25, 0.3) is 0 Å². The second kappa shape index (κ2) is 5.02. The summed E-state index contributed by atoms with van der Waals surface area (Å²) in [5, 5.41) is 10.8. The van der Waals surface area contributed by atoms with Gasteiger partial charge in [-0.1, -0.05) is 23.8 Å². The van der Waals surface area contributed by atoms with E-state index in [2.05, 4.69) is 4.98 Å². The number of nitrogens with two attached hydrogens (primary N) is 1. The average molecular weight is 256 g/mol. The smallest absolute Gasteiger partial charge is 0.0912 e. The van der Waals surface area contributed by atoms with Crippen molar-refractivity contribution in [2.45, 2.75) is 32.8 Å². The largest absolute Gasteiger partial charge is 0.398 e. The molecule has 0 saturated carbocycles. The summed E-state index contributed by atoms with van der Waals surface area (Å²) in [4.78, 5) is 4.07. The maximum Gasteiger partial charge on any atom is 0.0912 e. The van der Waals surface area contributed by atoms with E-state index in [-0.39, 0.29) is 0 Å². The highest BCUT2D eigenvalue weighted by molar-refractivity contribution is 5.46. The maximum absolute atomic E-state index is 10.8. The Morgan fingerprint density at radius 2 is 2.00 bits per heavy atom. The molecule has 2 rings (SSSR count). The van der Waals surface area contributed by atoms with Crippen molar-refractivity contribution in [3.05, 3.63) is 58.9 Å². The molecule has 0 aliphatic rings. The van der Waals surface area contributed by atoms with E-state index in [4.69, 9.17) is 5.73 Å². The quantitative estimate of drug-likeness (QED) is 0.887. The zero-order valence-electron chi connectivity index (χ0n) is 11.6. The van der Waals surface area contributed by atoms with Crippen LogP contribution in [0.1, 0.15) is 29.2 Å². The standard InChI is InChI=1S/C16H20N2O/c1-11-4-5-12(2)14(8-11)16(3,19)9-13-10-18-7-6-15(13)17/h4-8,10,19H,9H2,1-3H3,(H2,17,18). The molecule has 0 saturated heterocycles. The summed E-state index contributed by atoms with van der Waals surface area (Å²) in [5.74, 6) is 0. The van der Waals surface area contributed by atoms with E-state index in [0.717, 1.165) is 22.3 Å². The Labute approximate surface area is 114 Å². The van der Waals surface area contributed by atoms with Crippen LogP contribution < -0.4 is 5.73 Å². The summed E-state index contributed by atoms with van der Waals surface area (Å²) in [6.07, 6.45) is 3.83. The number of pyridine rings is 1. The molecule has 2 aromatic rings. The van der Waals surface area contributed by atoms with Gasteiger partial charge in [0.05, 0.1) is 5.60 Å². The van der Waals surface area contributed by atoms with Crippen molar-refractivity contribution in [2.24, 2.45) is 0 Å². The fourth-order valence-corrected chi connectivity index (χ4v) is 2.37. The van der Waals surface area contributed by atoms with Crippen LogP contribution in [0.5, 0.6) is 0 Å². The third kappa shape index (κ3) is 2.93. The minimum Gasteiger partial charge on any atom is -0.398 e. The van der Waals surface area contributed by atoms with Crippen molar-refractivity contribution in [3.8, 4) is 0 Å². The SMILES string of the molecule is Cc1ccc(C)c(C(C)(O)Cc2cnccc2N)c1. The van der Waals surface area contributed by atoms with Crippen LogP contribution in [0.25, 0.3) is 0 Å². The Kier molecular flexibility index (Phi) is 3.58. The molecule has 1 aromatic heterocycles. The van der Waals surface area contributed by atoms with Crippen LogP contribution in [0.15, 0.2) is 36.7 Å². The lowest BCUT2D eigenvalue weighted by molar-refractivity contribution is 0.0570. The number of aliphatic hydroxyl groups is 1. The van der Waals surface area contributed by atoms with Gasteiger partial charge in [-0.2, -0.15) is 0 Å². The highest BCUT2D eigenvalue weighted by Crippen LogP contribution is 2.30. The molecule has 100 valence electrons. The van der Waals surface area contributed by atoms with Crippen LogP contribution in [0.2, 0.25) is 0 Å². The van der Waals surface area contributed by atoms with Gasteiger partial charge in [0.1, 0.15) is 0 Å². The van der Waals surface area contributed by atoms with Gasteiger partial charge in [0.2, 0.25) is 0 Å². The van der Waals surface area contributed by atoms with Crippen LogP contribution in [0.4, 0.5) is 5.69 Å². The monoisotopic (exact) mass is 256 g/mol.